The Morgan fingerprint density at radius 3 is 2.35 bits per heavy atom. The maximum atomic E-state index is 12.8. The second-order valence-corrected chi connectivity index (χ2v) is 8.01. The van der Waals surface area contributed by atoms with Gasteiger partial charge >= 0.3 is 0 Å². The fourth-order valence-corrected chi connectivity index (χ4v) is 3.80. The van der Waals surface area contributed by atoms with Crippen LogP contribution in [0.1, 0.15) is 17.3 Å². The number of carbonyl (C=O) groups is 2. The highest BCUT2D eigenvalue weighted by atomic mass is 16.3. The van der Waals surface area contributed by atoms with Gasteiger partial charge in [0.1, 0.15) is 17.4 Å². The first-order chi connectivity index (χ1) is 16.5. The number of aromatic hydroxyl groups is 1. The van der Waals surface area contributed by atoms with E-state index in [0.29, 0.717) is 56.5 Å². The molecule has 2 aromatic carbocycles. The second-order valence-electron chi connectivity index (χ2n) is 8.01. The minimum Gasteiger partial charge on any atom is -0.507 e. The number of nitrogens with one attached hydrogen (secondary N) is 2. The third-order valence-corrected chi connectivity index (χ3v) is 5.58. The van der Waals surface area contributed by atoms with Crippen molar-refractivity contribution < 1.29 is 14.7 Å². The van der Waals surface area contributed by atoms with Crippen LogP contribution in [0.4, 0.5) is 11.6 Å². The fraction of sp³-hybridized carbons (Fsp3) is 0.280. The molecule has 0 unspecified atom stereocenters. The Hall–Kier alpha value is -4.14. The zero-order chi connectivity index (χ0) is 23.9. The molecular weight excluding hydrogens is 432 g/mol. The summed E-state index contributed by atoms with van der Waals surface area (Å²) in [6, 6.07) is 18.3. The summed E-state index contributed by atoms with van der Waals surface area (Å²) < 4.78 is 0. The van der Waals surface area contributed by atoms with E-state index in [-0.39, 0.29) is 17.6 Å². The van der Waals surface area contributed by atoms with Crippen LogP contribution in [0.25, 0.3) is 11.4 Å². The Balaban J connectivity index is 1.49. The average molecular weight is 461 g/mol. The second kappa shape index (κ2) is 10.7. The Bertz CT molecular complexity index is 1150. The van der Waals surface area contributed by atoms with Crippen molar-refractivity contribution >= 4 is 23.5 Å². The molecule has 9 heteroatoms. The number of nitrogens with zero attached hydrogens (tertiary/aromatic N) is 4. The number of piperazine rings is 1. The van der Waals surface area contributed by atoms with Gasteiger partial charge in [-0.2, -0.15) is 0 Å². The van der Waals surface area contributed by atoms with E-state index < -0.39 is 0 Å². The van der Waals surface area contributed by atoms with E-state index in [1.165, 1.54) is 13.0 Å². The quantitative estimate of drug-likeness (QED) is 0.464. The highest BCUT2D eigenvalue weighted by Gasteiger charge is 2.25. The molecule has 1 aliphatic rings. The number of phenols is 1. The molecule has 1 fully saturated rings. The molecule has 0 radical (unpaired) electrons. The van der Waals surface area contributed by atoms with Gasteiger partial charge in [0.25, 0.3) is 5.91 Å². The van der Waals surface area contributed by atoms with Crippen molar-refractivity contribution in [1.29, 1.82) is 0 Å². The number of anilines is 2. The number of rotatable bonds is 7. The van der Waals surface area contributed by atoms with Crippen molar-refractivity contribution in [3.8, 4) is 17.1 Å². The molecule has 3 aromatic rings. The van der Waals surface area contributed by atoms with Gasteiger partial charge in [0.2, 0.25) is 5.91 Å². The molecule has 1 saturated heterocycles. The third-order valence-electron chi connectivity index (χ3n) is 5.58. The van der Waals surface area contributed by atoms with E-state index in [2.05, 4.69) is 20.5 Å². The lowest BCUT2D eigenvalue weighted by atomic mass is 10.1. The van der Waals surface area contributed by atoms with Crippen molar-refractivity contribution in [1.82, 2.24) is 20.2 Å². The number of hydrogen-bond acceptors (Lipinski definition) is 7. The van der Waals surface area contributed by atoms with Gasteiger partial charge in [-0.1, -0.05) is 42.5 Å². The van der Waals surface area contributed by atoms with Gasteiger partial charge in [-0.3, -0.25) is 9.59 Å². The number of hydrogen-bond donors (Lipinski definition) is 3. The van der Waals surface area contributed by atoms with Gasteiger partial charge in [0.15, 0.2) is 5.82 Å². The SMILES string of the molecule is CC(=O)NCCNc1cc(N2CCN(C(=O)c3ccccc3O)CC2)nc(-c2ccccc2)n1. The minimum absolute atomic E-state index is 0.00629. The normalized spacial score (nSPS) is 13.4. The van der Waals surface area contributed by atoms with Crippen molar-refractivity contribution in [2.75, 3.05) is 49.5 Å². The number of benzene rings is 2. The number of phenolic OH excluding ortho intramolecular Hbond substituents is 1. The Kier molecular flexibility index (Phi) is 7.22. The van der Waals surface area contributed by atoms with E-state index in [0.717, 1.165) is 11.4 Å². The standard InChI is InChI=1S/C25H28N6O3/c1-18(32)26-11-12-27-22-17-23(29-24(28-22)19-7-3-2-4-8-19)30-13-15-31(16-14-30)25(34)20-9-5-6-10-21(20)33/h2-10,17,33H,11-16H2,1H3,(H,26,32)(H,27,28,29). The lowest BCUT2D eigenvalue weighted by Crippen LogP contribution is -2.49. The number of carbonyl (C=O) groups excluding carboxylic acids is 2. The summed E-state index contributed by atoms with van der Waals surface area (Å²) in [7, 11) is 0. The smallest absolute Gasteiger partial charge is 0.257 e. The lowest BCUT2D eigenvalue weighted by molar-refractivity contribution is -0.118. The fourth-order valence-electron chi connectivity index (χ4n) is 3.80. The lowest BCUT2D eigenvalue weighted by Gasteiger charge is -2.35. The highest BCUT2D eigenvalue weighted by molar-refractivity contribution is 5.97. The van der Waals surface area contributed by atoms with Crippen LogP contribution in [0, 0.1) is 0 Å². The van der Waals surface area contributed by atoms with Crippen LogP contribution in [-0.4, -0.2) is 71.1 Å². The monoisotopic (exact) mass is 460 g/mol. The van der Waals surface area contributed by atoms with Crippen molar-refractivity contribution in [3.05, 3.63) is 66.2 Å². The van der Waals surface area contributed by atoms with E-state index in [9.17, 15) is 14.7 Å². The molecule has 9 nitrogen and oxygen atoms in total. The van der Waals surface area contributed by atoms with E-state index >= 15 is 0 Å². The number of para-hydroxylation sites is 1. The van der Waals surface area contributed by atoms with Gasteiger partial charge in [-0.25, -0.2) is 9.97 Å². The molecule has 2 amide bonds. The zero-order valence-electron chi connectivity index (χ0n) is 19.1. The van der Waals surface area contributed by atoms with Crippen molar-refractivity contribution in [2.24, 2.45) is 0 Å². The van der Waals surface area contributed by atoms with E-state index in [4.69, 9.17) is 4.98 Å². The van der Waals surface area contributed by atoms with Gasteiger partial charge in [0, 0.05) is 57.8 Å². The molecule has 4 rings (SSSR count). The maximum Gasteiger partial charge on any atom is 0.257 e. The Labute approximate surface area is 198 Å². The molecule has 2 heterocycles. The molecule has 0 bridgehead atoms. The molecular formula is C25H28N6O3. The first-order valence-electron chi connectivity index (χ1n) is 11.3. The topological polar surface area (TPSA) is 111 Å². The third kappa shape index (κ3) is 5.61. The van der Waals surface area contributed by atoms with Crippen molar-refractivity contribution in [2.45, 2.75) is 6.92 Å². The number of amides is 2. The summed E-state index contributed by atoms with van der Waals surface area (Å²) >= 11 is 0. The predicted molar refractivity (Wildman–Crippen MR) is 131 cm³/mol. The molecule has 34 heavy (non-hydrogen) atoms. The van der Waals surface area contributed by atoms with Gasteiger partial charge in [-0.15, -0.1) is 0 Å². The van der Waals surface area contributed by atoms with Crippen LogP contribution in [0.15, 0.2) is 60.7 Å². The summed E-state index contributed by atoms with van der Waals surface area (Å²) in [6.45, 7) is 4.76. The van der Waals surface area contributed by atoms with Crippen LogP contribution in [0.3, 0.4) is 0 Å². The zero-order valence-corrected chi connectivity index (χ0v) is 19.1. The van der Waals surface area contributed by atoms with E-state index in [1.807, 2.05) is 36.4 Å². The summed E-state index contributed by atoms with van der Waals surface area (Å²) in [4.78, 5) is 37.3. The minimum atomic E-state index is -0.175. The van der Waals surface area contributed by atoms with Crippen molar-refractivity contribution in [3.63, 3.8) is 0 Å². The summed E-state index contributed by atoms with van der Waals surface area (Å²) in [6.07, 6.45) is 0. The summed E-state index contributed by atoms with van der Waals surface area (Å²) in [5.74, 6) is 1.78. The first-order valence-corrected chi connectivity index (χ1v) is 11.3. The van der Waals surface area contributed by atoms with Gasteiger partial charge < -0.3 is 25.5 Å². The van der Waals surface area contributed by atoms with Crippen LogP contribution in [-0.2, 0) is 4.79 Å². The predicted octanol–water partition coefficient (Wildman–Crippen LogP) is 2.36. The van der Waals surface area contributed by atoms with E-state index in [1.54, 1.807) is 23.1 Å². The molecule has 176 valence electrons. The van der Waals surface area contributed by atoms with Crippen LogP contribution >= 0.6 is 0 Å². The largest absolute Gasteiger partial charge is 0.507 e. The number of aromatic nitrogens is 2. The van der Waals surface area contributed by atoms with Gasteiger partial charge in [0.05, 0.1) is 5.56 Å². The van der Waals surface area contributed by atoms with Crippen LogP contribution in [0.5, 0.6) is 5.75 Å². The molecule has 0 spiro atoms. The molecule has 1 aliphatic heterocycles. The first kappa shape index (κ1) is 23.0. The molecule has 0 saturated carbocycles. The highest BCUT2D eigenvalue weighted by Crippen LogP contribution is 2.24. The van der Waals surface area contributed by atoms with Crippen LogP contribution < -0.4 is 15.5 Å². The Morgan fingerprint density at radius 1 is 0.941 bits per heavy atom. The average Bonchev–Trinajstić information content (AvgIpc) is 2.87. The maximum absolute atomic E-state index is 12.8. The van der Waals surface area contributed by atoms with Crippen LogP contribution in [0.2, 0.25) is 0 Å². The molecule has 0 atom stereocenters. The summed E-state index contributed by atoms with van der Waals surface area (Å²) in [5, 5.41) is 16.0. The summed E-state index contributed by atoms with van der Waals surface area (Å²) in [5.41, 5.74) is 1.22. The van der Waals surface area contributed by atoms with Gasteiger partial charge in [-0.05, 0) is 12.1 Å². The molecule has 1 aromatic heterocycles. The Morgan fingerprint density at radius 2 is 1.65 bits per heavy atom. The molecule has 0 aliphatic carbocycles. The molecule has 3 N–H and O–H groups in total.